The predicted molar refractivity (Wildman–Crippen MR) is 64.2 cm³/mol. The first kappa shape index (κ1) is 13.6. The lowest BCUT2D eigenvalue weighted by Crippen LogP contribution is -2.31. The van der Waals surface area contributed by atoms with E-state index in [-0.39, 0.29) is 24.9 Å². The smallest absolute Gasteiger partial charge is 0.238 e. The number of benzene rings is 1. The Labute approximate surface area is 100 Å². The zero-order valence-electron chi connectivity index (χ0n) is 9.82. The van der Waals surface area contributed by atoms with Crippen LogP contribution in [0.5, 0.6) is 0 Å². The zero-order chi connectivity index (χ0) is 12.7. The number of halogens is 1. The summed E-state index contributed by atoms with van der Waals surface area (Å²) in [7, 11) is 1.79. The highest BCUT2D eigenvalue weighted by atomic mass is 19.1. The molecular formula is C12H17FN2O2. The molecule has 0 fully saturated rings. The van der Waals surface area contributed by atoms with Gasteiger partial charge in [-0.05, 0) is 31.7 Å². The van der Waals surface area contributed by atoms with Crippen molar-refractivity contribution in [2.75, 3.05) is 32.1 Å². The van der Waals surface area contributed by atoms with Crippen molar-refractivity contribution in [3.8, 4) is 0 Å². The minimum absolute atomic E-state index is 0.107. The van der Waals surface area contributed by atoms with Crippen molar-refractivity contribution in [1.29, 1.82) is 0 Å². The molecule has 0 bridgehead atoms. The molecule has 0 aromatic heterocycles. The number of rotatable bonds is 6. The van der Waals surface area contributed by atoms with Crippen LogP contribution in [0.1, 0.15) is 6.42 Å². The Morgan fingerprint density at radius 1 is 1.53 bits per heavy atom. The summed E-state index contributed by atoms with van der Waals surface area (Å²) in [5, 5.41) is 11.3. The molecule has 94 valence electrons. The average molecular weight is 240 g/mol. The SMILES string of the molecule is CN(CCCO)CC(=O)Nc1cccc(F)c1. The summed E-state index contributed by atoms with van der Waals surface area (Å²) in [5.41, 5.74) is 0.450. The quantitative estimate of drug-likeness (QED) is 0.782. The van der Waals surface area contributed by atoms with Gasteiger partial charge in [-0.2, -0.15) is 0 Å². The Kier molecular flexibility index (Phi) is 5.59. The second-order valence-electron chi connectivity index (χ2n) is 3.87. The van der Waals surface area contributed by atoms with Gasteiger partial charge in [-0.15, -0.1) is 0 Å². The molecule has 0 unspecified atom stereocenters. The normalized spacial score (nSPS) is 10.6. The Morgan fingerprint density at radius 2 is 2.29 bits per heavy atom. The molecule has 0 spiro atoms. The molecule has 4 nitrogen and oxygen atoms in total. The monoisotopic (exact) mass is 240 g/mol. The van der Waals surface area contributed by atoms with Crippen molar-refractivity contribution < 1.29 is 14.3 Å². The van der Waals surface area contributed by atoms with Gasteiger partial charge in [0, 0.05) is 18.8 Å². The van der Waals surface area contributed by atoms with E-state index in [1.807, 2.05) is 0 Å². The lowest BCUT2D eigenvalue weighted by atomic mass is 10.3. The van der Waals surface area contributed by atoms with Gasteiger partial charge in [0.2, 0.25) is 5.91 Å². The number of aliphatic hydroxyl groups excluding tert-OH is 1. The number of likely N-dealkylation sites (N-methyl/N-ethyl adjacent to an activating group) is 1. The fourth-order valence-corrected chi connectivity index (χ4v) is 1.43. The van der Waals surface area contributed by atoms with E-state index in [0.717, 1.165) is 0 Å². The van der Waals surface area contributed by atoms with Crippen molar-refractivity contribution >= 4 is 11.6 Å². The second kappa shape index (κ2) is 6.98. The molecule has 1 rings (SSSR count). The number of carbonyl (C=O) groups excluding carboxylic acids is 1. The summed E-state index contributed by atoms with van der Waals surface area (Å²) in [4.78, 5) is 13.4. The number of carbonyl (C=O) groups is 1. The Hall–Kier alpha value is -1.46. The topological polar surface area (TPSA) is 52.6 Å². The number of amides is 1. The van der Waals surface area contributed by atoms with Gasteiger partial charge in [0.1, 0.15) is 5.82 Å². The molecule has 0 heterocycles. The maximum absolute atomic E-state index is 12.9. The number of hydrogen-bond acceptors (Lipinski definition) is 3. The average Bonchev–Trinajstić information content (AvgIpc) is 2.26. The van der Waals surface area contributed by atoms with Crippen LogP contribution in [-0.2, 0) is 4.79 Å². The summed E-state index contributed by atoms with van der Waals surface area (Å²) in [6.07, 6.45) is 0.629. The second-order valence-corrected chi connectivity index (χ2v) is 3.87. The van der Waals surface area contributed by atoms with Crippen molar-refractivity contribution in [2.24, 2.45) is 0 Å². The molecule has 0 atom stereocenters. The minimum Gasteiger partial charge on any atom is -0.396 e. The van der Waals surface area contributed by atoms with Crippen molar-refractivity contribution in [1.82, 2.24) is 4.90 Å². The van der Waals surface area contributed by atoms with Gasteiger partial charge in [-0.1, -0.05) is 6.07 Å². The third-order valence-electron chi connectivity index (χ3n) is 2.22. The molecule has 1 aromatic carbocycles. The first-order valence-corrected chi connectivity index (χ1v) is 5.46. The number of nitrogens with zero attached hydrogens (tertiary/aromatic N) is 1. The molecule has 0 aliphatic carbocycles. The van der Waals surface area contributed by atoms with Crippen LogP contribution in [0, 0.1) is 5.82 Å². The molecule has 1 aromatic rings. The van der Waals surface area contributed by atoms with Gasteiger partial charge in [0.05, 0.1) is 6.54 Å². The molecule has 1 amide bonds. The minimum atomic E-state index is -0.378. The molecular weight excluding hydrogens is 223 g/mol. The lowest BCUT2D eigenvalue weighted by Gasteiger charge is -2.15. The van der Waals surface area contributed by atoms with E-state index in [4.69, 9.17) is 5.11 Å². The molecule has 5 heteroatoms. The van der Waals surface area contributed by atoms with Gasteiger partial charge in [0.25, 0.3) is 0 Å². The van der Waals surface area contributed by atoms with Gasteiger partial charge in [-0.25, -0.2) is 4.39 Å². The van der Waals surface area contributed by atoms with E-state index in [0.29, 0.717) is 18.7 Å². The van der Waals surface area contributed by atoms with Crippen LogP contribution in [0.25, 0.3) is 0 Å². The van der Waals surface area contributed by atoms with Crippen LogP contribution in [0.2, 0.25) is 0 Å². The fraction of sp³-hybridized carbons (Fsp3) is 0.417. The van der Waals surface area contributed by atoms with Crippen LogP contribution in [0.3, 0.4) is 0 Å². The molecule has 2 N–H and O–H groups in total. The predicted octanol–water partition coefficient (Wildman–Crippen LogP) is 1.08. The molecule has 0 aliphatic heterocycles. The first-order chi connectivity index (χ1) is 8.11. The van der Waals surface area contributed by atoms with Crippen molar-refractivity contribution in [2.45, 2.75) is 6.42 Å². The molecule has 0 aliphatic rings. The molecule has 0 saturated carbocycles. The maximum atomic E-state index is 12.9. The molecule has 0 saturated heterocycles. The van der Waals surface area contributed by atoms with E-state index in [9.17, 15) is 9.18 Å². The van der Waals surface area contributed by atoms with Crippen molar-refractivity contribution in [3.05, 3.63) is 30.1 Å². The van der Waals surface area contributed by atoms with Crippen LogP contribution in [0.15, 0.2) is 24.3 Å². The highest BCUT2D eigenvalue weighted by Crippen LogP contribution is 2.08. The summed E-state index contributed by atoms with van der Waals surface area (Å²) >= 11 is 0. The van der Waals surface area contributed by atoms with Crippen LogP contribution in [-0.4, -0.2) is 42.7 Å². The van der Waals surface area contributed by atoms with E-state index < -0.39 is 0 Å². The van der Waals surface area contributed by atoms with Gasteiger partial charge in [0.15, 0.2) is 0 Å². The summed E-state index contributed by atoms with van der Waals surface area (Å²) in [5.74, 6) is -0.576. The lowest BCUT2D eigenvalue weighted by molar-refractivity contribution is -0.117. The molecule has 0 radical (unpaired) electrons. The molecule has 17 heavy (non-hydrogen) atoms. The third kappa shape index (κ3) is 5.42. The Morgan fingerprint density at radius 3 is 2.94 bits per heavy atom. The van der Waals surface area contributed by atoms with E-state index in [1.54, 1.807) is 24.1 Å². The zero-order valence-corrected chi connectivity index (χ0v) is 9.82. The number of hydrogen-bond donors (Lipinski definition) is 2. The third-order valence-corrected chi connectivity index (χ3v) is 2.22. The summed E-state index contributed by atoms with van der Waals surface area (Å²) in [6, 6.07) is 5.77. The van der Waals surface area contributed by atoms with Gasteiger partial charge >= 0.3 is 0 Å². The van der Waals surface area contributed by atoms with E-state index in [1.165, 1.54) is 12.1 Å². The highest BCUT2D eigenvalue weighted by molar-refractivity contribution is 5.92. The summed E-state index contributed by atoms with van der Waals surface area (Å²) in [6.45, 7) is 0.972. The number of anilines is 1. The van der Waals surface area contributed by atoms with E-state index in [2.05, 4.69) is 5.32 Å². The standard InChI is InChI=1S/C12H17FN2O2/c1-15(6-3-7-16)9-12(17)14-11-5-2-4-10(13)8-11/h2,4-5,8,16H,3,6-7,9H2,1H3,(H,14,17). The fourth-order valence-electron chi connectivity index (χ4n) is 1.43. The first-order valence-electron chi connectivity index (χ1n) is 5.46. The Balaban J connectivity index is 2.39. The summed E-state index contributed by atoms with van der Waals surface area (Å²) < 4.78 is 12.9. The van der Waals surface area contributed by atoms with Gasteiger partial charge < -0.3 is 10.4 Å². The van der Waals surface area contributed by atoms with E-state index >= 15 is 0 Å². The number of aliphatic hydroxyl groups is 1. The largest absolute Gasteiger partial charge is 0.396 e. The van der Waals surface area contributed by atoms with Crippen LogP contribution in [0.4, 0.5) is 10.1 Å². The highest BCUT2D eigenvalue weighted by Gasteiger charge is 2.06. The maximum Gasteiger partial charge on any atom is 0.238 e. The number of nitrogens with one attached hydrogen (secondary N) is 1. The van der Waals surface area contributed by atoms with Crippen LogP contribution >= 0.6 is 0 Å². The van der Waals surface area contributed by atoms with Crippen LogP contribution < -0.4 is 5.32 Å². The Bertz CT molecular complexity index is 371. The van der Waals surface area contributed by atoms with Gasteiger partial charge in [-0.3, -0.25) is 9.69 Å². The van der Waals surface area contributed by atoms with Crippen molar-refractivity contribution in [3.63, 3.8) is 0 Å².